The highest BCUT2D eigenvalue weighted by atomic mass is 79.9. The summed E-state index contributed by atoms with van der Waals surface area (Å²) < 4.78 is 16.6. The number of nitrogens with zero attached hydrogens (tertiary/aromatic N) is 3. The van der Waals surface area contributed by atoms with Crippen LogP contribution in [0.1, 0.15) is 30.0 Å². The number of thioether (sulfide) groups is 1. The summed E-state index contributed by atoms with van der Waals surface area (Å²) in [6.07, 6.45) is 0. The second-order valence-electron chi connectivity index (χ2n) is 5.78. The molecule has 26 heavy (non-hydrogen) atoms. The van der Waals surface area contributed by atoms with Crippen LogP contribution in [0.5, 0.6) is 0 Å². The minimum atomic E-state index is -1.14. The van der Waals surface area contributed by atoms with E-state index in [1.54, 1.807) is 30.8 Å². The zero-order valence-electron chi connectivity index (χ0n) is 14.2. The average Bonchev–Trinajstić information content (AvgIpc) is 3.07. The van der Waals surface area contributed by atoms with Gasteiger partial charge < -0.3 is 5.11 Å². The van der Waals surface area contributed by atoms with E-state index in [4.69, 9.17) is 0 Å². The summed E-state index contributed by atoms with van der Waals surface area (Å²) >= 11 is 6.42. The molecule has 0 fully saturated rings. The van der Waals surface area contributed by atoms with Crippen LogP contribution >= 0.6 is 39.0 Å². The fraction of sp³-hybridized carbons (Fsp3) is 0.235. The Morgan fingerprint density at radius 1 is 1.42 bits per heavy atom. The van der Waals surface area contributed by atoms with Crippen LogP contribution in [0.2, 0.25) is 0 Å². The molecule has 3 rings (SSSR count). The second kappa shape index (κ2) is 7.50. The molecule has 0 saturated carbocycles. The molecule has 9 heteroatoms. The Morgan fingerprint density at radius 2 is 2.15 bits per heavy atom. The number of aromatic nitrogens is 3. The van der Waals surface area contributed by atoms with Gasteiger partial charge in [-0.3, -0.25) is 0 Å². The highest BCUT2D eigenvalue weighted by Crippen LogP contribution is 2.38. The minimum Gasteiger partial charge on any atom is -0.476 e. The van der Waals surface area contributed by atoms with E-state index in [0.717, 1.165) is 4.21 Å². The van der Waals surface area contributed by atoms with E-state index in [9.17, 15) is 14.3 Å². The number of carboxylic acid groups (broad SMARTS) is 1. The van der Waals surface area contributed by atoms with E-state index in [2.05, 4.69) is 39.9 Å². The van der Waals surface area contributed by atoms with Gasteiger partial charge in [-0.1, -0.05) is 37.3 Å². The molecule has 5 nitrogen and oxygen atoms in total. The summed E-state index contributed by atoms with van der Waals surface area (Å²) in [4.78, 5) is 16.4. The van der Waals surface area contributed by atoms with Crippen molar-refractivity contribution in [1.82, 2.24) is 14.8 Å². The van der Waals surface area contributed by atoms with Gasteiger partial charge in [0.25, 0.3) is 0 Å². The standard InChI is InChI=1S/C17H15BrFN3O2S2/c1-8(2)25-16-14(18)20-17(26-16)22-13(15(23)24)12(9(3)21-22)10-5-4-6-11(19)7-10/h4-8H,1-3H3,(H,23,24). The van der Waals surface area contributed by atoms with Crippen molar-refractivity contribution >= 4 is 45.0 Å². The Hall–Kier alpha value is -1.71. The van der Waals surface area contributed by atoms with E-state index >= 15 is 0 Å². The first-order valence-electron chi connectivity index (χ1n) is 7.70. The van der Waals surface area contributed by atoms with E-state index in [1.165, 1.54) is 28.2 Å². The molecule has 3 aromatic rings. The van der Waals surface area contributed by atoms with Crippen LogP contribution in [0.3, 0.4) is 0 Å². The van der Waals surface area contributed by atoms with Crippen molar-refractivity contribution in [1.29, 1.82) is 0 Å². The lowest BCUT2D eigenvalue weighted by Gasteiger charge is -2.04. The van der Waals surface area contributed by atoms with E-state index in [1.807, 2.05) is 0 Å². The van der Waals surface area contributed by atoms with Gasteiger partial charge in [0.05, 0.1) is 9.90 Å². The number of hydrogen-bond acceptors (Lipinski definition) is 5. The predicted molar refractivity (Wildman–Crippen MR) is 105 cm³/mol. The molecule has 1 N–H and O–H groups in total. The van der Waals surface area contributed by atoms with Crippen LogP contribution in [0.15, 0.2) is 33.1 Å². The van der Waals surface area contributed by atoms with Gasteiger partial charge in [0, 0.05) is 10.8 Å². The maximum atomic E-state index is 13.6. The summed E-state index contributed by atoms with van der Waals surface area (Å²) in [5.41, 5.74) is 1.33. The van der Waals surface area contributed by atoms with Gasteiger partial charge >= 0.3 is 5.97 Å². The molecule has 0 unspecified atom stereocenters. The summed E-state index contributed by atoms with van der Waals surface area (Å²) in [6, 6.07) is 5.84. The van der Waals surface area contributed by atoms with Crippen molar-refractivity contribution in [2.24, 2.45) is 0 Å². The number of rotatable bonds is 5. The maximum absolute atomic E-state index is 13.6. The first-order chi connectivity index (χ1) is 12.3. The van der Waals surface area contributed by atoms with E-state index in [0.29, 0.717) is 31.8 Å². The van der Waals surface area contributed by atoms with Crippen molar-refractivity contribution in [2.75, 3.05) is 0 Å². The smallest absolute Gasteiger partial charge is 0.355 e. The van der Waals surface area contributed by atoms with Crippen molar-refractivity contribution in [2.45, 2.75) is 30.2 Å². The molecule has 0 bridgehead atoms. The number of thiazole rings is 1. The lowest BCUT2D eigenvalue weighted by atomic mass is 10.0. The quantitative estimate of drug-likeness (QED) is 0.521. The minimum absolute atomic E-state index is 0.0320. The van der Waals surface area contributed by atoms with Crippen molar-refractivity contribution in [3.63, 3.8) is 0 Å². The van der Waals surface area contributed by atoms with Gasteiger partial charge in [0.15, 0.2) is 5.69 Å². The molecular weight excluding hydrogens is 441 g/mol. The number of benzene rings is 1. The fourth-order valence-corrected chi connectivity index (χ4v) is 5.53. The molecule has 0 spiro atoms. The Morgan fingerprint density at radius 3 is 2.77 bits per heavy atom. The van der Waals surface area contributed by atoms with Crippen LogP contribution in [-0.4, -0.2) is 31.1 Å². The topological polar surface area (TPSA) is 68.0 Å². The molecular formula is C17H15BrFN3O2S2. The summed E-state index contributed by atoms with van der Waals surface area (Å²) in [6.45, 7) is 5.84. The van der Waals surface area contributed by atoms with Gasteiger partial charge in [-0.2, -0.15) is 9.78 Å². The van der Waals surface area contributed by atoms with Crippen LogP contribution in [0.4, 0.5) is 4.39 Å². The van der Waals surface area contributed by atoms with Crippen LogP contribution < -0.4 is 0 Å². The molecule has 2 heterocycles. The monoisotopic (exact) mass is 455 g/mol. The normalized spacial score (nSPS) is 11.3. The number of carbonyl (C=O) groups is 1. The van der Waals surface area contributed by atoms with Gasteiger partial charge in [-0.15, -0.1) is 11.8 Å². The highest BCUT2D eigenvalue weighted by molar-refractivity contribution is 9.10. The number of aromatic carboxylic acids is 1. The molecule has 0 aliphatic rings. The van der Waals surface area contributed by atoms with Crippen LogP contribution in [-0.2, 0) is 0 Å². The molecule has 0 saturated heterocycles. The Balaban J connectivity index is 2.18. The molecule has 0 aliphatic carbocycles. The number of aryl methyl sites for hydroxylation is 1. The Bertz CT molecular complexity index is 985. The molecule has 1 aromatic carbocycles. The first-order valence-corrected chi connectivity index (χ1v) is 10.2. The lowest BCUT2D eigenvalue weighted by Crippen LogP contribution is -2.09. The second-order valence-corrected chi connectivity index (χ2v) is 9.35. The summed E-state index contributed by atoms with van der Waals surface area (Å²) in [5, 5.41) is 15.0. The zero-order chi connectivity index (χ0) is 19.0. The average molecular weight is 456 g/mol. The largest absolute Gasteiger partial charge is 0.476 e. The van der Waals surface area contributed by atoms with Gasteiger partial charge in [-0.25, -0.2) is 14.2 Å². The third-order valence-corrected chi connectivity index (χ3v) is 6.79. The third-order valence-electron chi connectivity index (χ3n) is 3.45. The summed E-state index contributed by atoms with van der Waals surface area (Å²) in [7, 11) is 0. The van der Waals surface area contributed by atoms with Crippen molar-refractivity contribution < 1.29 is 14.3 Å². The highest BCUT2D eigenvalue weighted by Gasteiger charge is 2.26. The van der Waals surface area contributed by atoms with Gasteiger partial charge in [-0.05, 0) is 40.5 Å². The zero-order valence-corrected chi connectivity index (χ0v) is 17.4. The lowest BCUT2D eigenvalue weighted by molar-refractivity contribution is 0.0688. The van der Waals surface area contributed by atoms with Gasteiger partial charge in [0.1, 0.15) is 10.4 Å². The van der Waals surface area contributed by atoms with Gasteiger partial charge in [0.2, 0.25) is 5.13 Å². The Labute approximate surface area is 166 Å². The van der Waals surface area contributed by atoms with Crippen LogP contribution in [0.25, 0.3) is 16.3 Å². The van der Waals surface area contributed by atoms with E-state index in [-0.39, 0.29) is 5.69 Å². The Kier molecular flexibility index (Phi) is 5.50. The predicted octanol–water partition coefficient (Wildman–Crippen LogP) is 5.40. The first kappa shape index (κ1) is 19.1. The molecule has 0 amide bonds. The molecule has 136 valence electrons. The summed E-state index contributed by atoms with van der Waals surface area (Å²) in [5.74, 6) is -1.58. The van der Waals surface area contributed by atoms with Crippen molar-refractivity contribution in [3.8, 4) is 16.3 Å². The number of halogens is 2. The number of carboxylic acids is 1. The molecule has 0 radical (unpaired) electrons. The molecule has 2 aromatic heterocycles. The SMILES string of the molecule is Cc1nn(-c2nc(Br)c(SC(C)C)s2)c(C(=O)O)c1-c1cccc(F)c1. The molecule has 0 atom stereocenters. The third kappa shape index (κ3) is 3.70. The maximum Gasteiger partial charge on any atom is 0.355 e. The van der Waals surface area contributed by atoms with Crippen LogP contribution in [0, 0.1) is 12.7 Å². The van der Waals surface area contributed by atoms with E-state index < -0.39 is 11.8 Å². The molecule has 0 aliphatic heterocycles. The fourth-order valence-electron chi connectivity index (χ4n) is 2.51. The number of hydrogen-bond donors (Lipinski definition) is 1. The van der Waals surface area contributed by atoms with Crippen molar-refractivity contribution in [3.05, 3.63) is 46.1 Å².